The van der Waals surface area contributed by atoms with Crippen molar-refractivity contribution in [3.63, 3.8) is 0 Å². The van der Waals surface area contributed by atoms with E-state index in [0.29, 0.717) is 28.0 Å². The molecule has 0 saturated carbocycles. The van der Waals surface area contributed by atoms with Crippen LogP contribution in [0, 0.1) is 12.7 Å². The first-order valence-corrected chi connectivity index (χ1v) is 11.7. The third-order valence-corrected chi connectivity index (χ3v) is 6.47. The number of pyridine rings is 1. The summed E-state index contributed by atoms with van der Waals surface area (Å²) >= 11 is 12.2. The second-order valence-electron chi connectivity index (χ2n) is 8.14. The van der Waals surface area contributed by atoms with Gasteiger partial charge in [-0.1, -0.05) is 47.5 Å². The molecule has 1 heterocycles. The fourth-order valence-corrected chi connectivity index (χ4v) is 4.61. The molecule has 0 aliphatic carbocycles. The maximum atomic E-state index is 14.1. The number of ether oxygens (including phenoxy) is 1. The molecule has 2 N–H and O–H groups in total. The van der Waals surface area contributed by atoms with E-state index in [2.05, 4.69) is 10.3 Å². The van der Waals surface area contributed by atoms with Gasteiger partial charge in [0.05, 0.1) is 28.2 Å². The number of benzene rings is 3. The number of nitrogens with one attached hydrogen (secondary N) is 1. The first-order chi connectivity index (χ1) is 17.2. The van der Waals surface area contributed by atoms with Crippen molar-refractivity contribution >= 4 is 46.0 Å². The number of carboxylic acids is 1. The Hall–Kier alpha value is -3.68. The summed E-state index contributed by atoms with van der Waals surface area (Å²) in [7, 11) is 1.47. The Bertz CT molecular complexity index is 1470. The van der Waals surface area contributed by atoms with Crippen LogP contribution in [0.2, 0.25) is 10.0 Å². The number of carbonyl (C=O) groups excluding carboxylic acids is 1. The normalized spacial score (nSPS) is 11.8. The number of amides is 1. The standard InChI is InChI=1S/C27H21Cl2FN2O4/c1-14-11-18(23(36-2)13-21(14)30)16-9-8-15(25-17(16)5-4-10-31-25)12-22(27(34)35)32-26(33)24-19(28)6-3-7-20(24)29/h3-11,13,22H,12H2,1-2H3,(H,32,33)(H,34,35). The van der Waals surface area contributed by atoms with E-state index < -0.39 is 17.9 Å². The largest absolute Gasteiger partial charge is 0.496 e. The summed E-state index contributed by atoms with van der Waals surface area (Å²) in [4.78, 5) is 29.4. The molecule has 4 aromatic rings. The number of carboxylic acid groups (broad SMARTS) is 1. The minimum atomic E-state index is -1.27. The molecule has 0 saturated heterocycles. The lowest BCUT2D eigenvalue weighted by molar-refractivity contribution is -0.139. The van der Waals surface area contributed by atoms with E-state index in [0.717, 1.165) is 10.9 Å². The topological polar surface area (TPSA) is 88.5 Å². The zero-order valence-electron chi connectivity index (χ0n) is 19.3. The van der Waals surface area contributed by atoms with E-state index in [4.69, 9.17) is 27.9 Å². The molecule has 0 aliphatic rings. The van der Waals surface area contributed by atoms with Gasteiger partial charge in [-0.15, -0.1) is 0 Å². The molecule has 36 heavy (non-hydrogen) atoms. The van der Waals surface area contributed by atoms with Crippen LogP contribution in [0.25, 0.3) is 22.0 Å². The Kier molecular flexibility index (Phi) is 7.43. The molecule has 1 unspecified atom stereocenters. The van der Waals surface area contributed by atoms with Crippen molar-refractivity contribution < 1.29 is 23.8 Å². The number of hydrogen-bond donors (Lipinski definition) is 2. The number of halogens is 3. The Morgan fingerprint density at radius 3 is 2.47 bits per heavy atom. The molecule has 0 fully saturated rings. The van der Waals surface area contributed by atoms with Crippen molar-refractivity contribution in [1.29, 1.82) is 0 Å². The Morgan fingerprint density at radius 2 is 1.81 bits per heavy atom. The lowest BCUT2D eigenvalue weighted by Crippen LogP contribution is -2.42. The van der Waals surface area contributed by atoms with Crippen LogP contribution in [0.3, 0.4) is 0 Å². The average molecular weight is 527 g/mol. The number of carbonyl (C=O) groups is 2. The monoisotopic (exact) mass is 526 g/mol. The fraction of sp³-hybridized carbons (Fsp3) is 0.148. The number of methoxy groups -OCH3 is 1. The number of nitrogens with zero attached hydrogens (tertiary/aromatic N) is 1. The van der Waals surface area contributed by atoms with E-state index in [1.165, 1.54) is 25.3 Å². The highest BCUT2D eigenvalue weighted by Crippen LogP contribution is 2.37. The van der Waals surface area contributed by atoms with Gasteiger partial charge in [-0.3, -0.25) is 9.78 Å². The van der Waals surface area contributed by atoms with Crippen molar-refractivity contribution in [3.8, 4) is 16.9 Å². The quantitative estimate of drug-likeness (QED) is 0.304. The van der Waals surface area contributed by atoms with Crippen LogP contribution in [-0.2, 0) is 11.2 Å². The summed E-state index contributed by atoms with van der Waals surface area (Å²) in [5.74, 6) is -1.94. The molecule has 9 heteroatoms. The van der Waals surface area contributed by atoms with Crippen molar-refractivity contribution in [3.05, 3.63) is 93.3 Å². The number of aryl methyl sites for hydroxylation is 1. The highest BCUT2D eigenvalue weighted by atomic mass is 35.5. The van der Waals surface area contributed by atoms with Gasteiger partial charge in [0, 0.05) is 29.6 Å². The third kappa shape index (κ3) is 4.98. The van der Waals surface area contributed by atoms with Crippen molar-refractivity contribution in [2.45, 2.75) is 19.4 Å². The minimum Gasteiger partial charge on any atom is -0.496 e. The van der Waals surface area contributed by atoms with Gasteiger partial charge in [-0.25, -0.2) is 9.18 Å². The van der Waals surface area contributed by atoms with Gasteiger partial charge in [0.1, 0.15) is 17.6 Å². The smallest absolute Gasteiger partial charge is 0.326 e. The summed E-state index contributed by atoms with van der Waals surface area (Å²) in [5, 5.41) is 13.3. The number of hydrogen-bond acceptors (Lipinski definition) is 4. The maximum absolute atomic E-state index is 14.1. The molecule has 184 valence electrons. The van der Waals surface area contributed by atoms with Gasteiger partial charge in [-0.05, 0) is 47.9 Å². The minimum absolute atomic E-state index is 0.00388. The molecule has 1 amide bonds. The van der Waals surface area contributed by atoms with E-state index in [1.54, 1.807) is 43.5 Å². The van der Waals surface area contributed by atoms with Crippen LogP contribution < -0.4 is 10.1 Å². The molecule has 3 aromatic carbocycles. The van der Waals surface area contributed by atoms with Gasteiger partial charge in [-0.2, -0.15) is 0 Å². The second-order valence-corrected chi connectivity index (χ2v) is 8.95. The second kappa shape index (κ2) is 10.5. The number of fused-ring (bicyclic) bond motifs is 1. The fourth-order valence-electron chi connectivity index (χ4n) is 4.04. The average Bonchev–Trinajstić information content (AvgIpc) is 2.85. The molecular formula is C27H21Cl2FN2O4. The highest BCUT2D eigenvalue weighted by Gasteiger charge is 2.25. The molecule has 0 radical (unpaired) electrons. The number of aromatic nitrogens is 1. The predicted molar refractivity (Wildman–Crippen MR) is 137 cm³/mol. The van der Waals surface area contributed by atoms with Gasteiger partial charge < -0.3 is 15.2 Å². The predicted octanol–water partition coefficient (Wildman–Crippen LogP) is 6.09. The molecule has 0 bridgehead atoms. The van der Waals surface area contributed by atoms with E-state index in [9.17, 15) is 19.1 Å². The first kappa shape index (κ1) is 25.4. The summed E-state index contributed by atoms with van der Waals surface area (Å²) in [5.41, 5.74) is 3.04. The lowest BCUT2D eigenvalue weighted by atomic mass is 9.93. The highest BCUT2D eigenvalue weighted by molar-refractivity contribution is 6.39. The molecule has 4 rings (SSSR count). The molecule has 6 nitrogen and oxygen atoms in total. The summed E-state index contributed by atoms with van der Waals surface area (Å²) in [6, 6.07) is 13.5. The number of aliphatic carboxylic acids is 1. The molecular weight excluding hydrogens is 506 g/mol. The summed E-state index contributed by atoms with van der Waals surface area (Å²) in [6.45, 7) is 1.67. The van der Waals surface area contributed by atoms with Crippen LogP contribution >= 0.6 is 23.2 Å². The van der Waals surface area contributed by atoms with Gasteiger partial charge in [0.25, 0.3) is 5.91 Å². The Labute approximate surface area is 216 Å². The van der Waals surface area contributed by atoms with Crippen molar-refractivity contribution in [1.82, 2.24) is 10.3 Å². The van der Waals surface area contributed by atoms with Crippen LogP contribution in [-0.4, -0.2) is 35.1 Å². The van der Waals surface area contributed by atoms with Crippen LogP contribution in [0.5, 0.6) is 5.75 Å². The van der Waals surface area contributed by atoms with E-state index >= 15 is 0 Å². The van der Waals surface area contributed by atoms with E-state index in [1.807, 2.05) is 6.07 Å². The van der Waals surface area contributed by atoms with Crippen LogP contribution in [0.1, 0.15) is 21.5 Å². The van der Waals surface area contributed by atoms with Gasteiger partial charge >= 0.3 is 5.97 Å². The Morgan fingerprint density at radius 1 is 1.08 bits per heavy atom. The molecule has 1 atom stereocenters. The SMILES string of the molecule is COc1cc(F)c(C)cc1-c1ccc(CC(NC(=O)c2c(Cl)cccc2Cl)C(=O)O)c2ncccc12. The Balaban J connectivity index is 1.74. The zero-order valence-corrected chi connectivity index (χ0v) is 20.8. The van der Waals surface area contributed by atoms with Gasteiger partial charge in [0.15, 0.2) is 0 Å². The van der Waals surface area contributed by atoms with Crippen LogP contribution in [0.15, 0.2) is 60.8 Å². The first-order valence-electron chi connectivity index (χ1n) is 10.9. The summed E-state index contributed by atoms with van der Waals surface area (Å²) in [6.07, 6.45) is 1.55. The molecule has 0 aliphatic heterocycles. The number of rotatable bonds is 7. The zero-order chi connectivity index (χ0) is 26.0. The molecule has 0 spiro atoms. The third-order valence-electron chi connectivity index (χ3n) is 5.84. The van der Waals surface area contributed by atoms with Crippen molar-refractivity contribution in [2.24, 2.45) is 0 Å². The van der Waals surface area contributed by atoms with Crippen LogP contribution in [0.4, 0.5) is 4.39 Å². The van der Waals surface area contributed by atoms with E-state index in [-0.39, 0.29) is 27.8 Å². The molecule has 1 aromatic heterocycles. The lowest BCUT2D eigenvalue weighted by Gasteiger charge is -2.18. The van der Waals surface area contributed by atoms with Crippen molar-refractivity contribution in [2.75, 3.05) is 7.11 Å². The van der Waals surface area contributed by atoms with Gasteiger partial charge in [0.2, 0.25) is 0 Å². The summed E-state index contributed by atoms with van der Waals surface area (Å²) < 4.78 is 19.5. The maximum Gasteiger partial charge on any atom is 0.326 e.